The molecule has 0 unspecified atom stereocenters. The fourth-order valence-electron chi connectivity index (χ4n) is 3.73. The summed E-state index contributed by atoms with van der Waals surface area (Å²) in [6.07, 6.45) is 0.613. The summed E-state index contributed by atoms with van der Waals surface area (Å²) < 4.78 is 14.8. The van der Waals surface area contributed by atoms with Crippen LogP contribution in [-0.2, 0) is 13.0 Å². The van der Waals surface area contributed by atoms with Gasteiger partial charge in [0.05, 0.1) is 16.7 Å². The Morgan fingerprint density at radius 1 is 1.00 bits per heavy atom. The highest BCUT2D eigenvalue weighted by Crippen LogP contribution is 2.21. The number of carbonyl (C=O) groups is 2. The molecule has 0 saturated heterocycles. The molecule has 8 heteroatoms. The number of halogens is 1. The molecule has 3 aromatic carbocycles. The molecule has 6 nitrogen and oxygen atoms in total. The minimum atomic E-state index is -0.414. The molecule has 0 bridgehead atoms. The first-order valence-electron chi connectivity index (χ1n) is 11.6. The van der Waals surface area contributed by atoms with Gasteiger partial charge in [-0.25, -0.2) is 9.37 Å². The third-order valence-corrected chi connectivity index (χ3v) is 6.54. The summed E-state index contributed by atoms with van der Waals surface area (Å²) >= 11 is 1.15. The second-order valence-electron chi connectivity index (χ2n) is 8.67. The fraction of sp³-hybridized carbons (Fsp3) is 0.214. The van der Waals surface area contributed by atoms with Crippen LogP contribution in [0.25, 0.3) is 10.9 Å². The van der Waals surface area contributed by atoms with Crippen molar-refractivity contribution in [3.05, 3.63) is 106 Å². The molecule has 4 aromatic rings. The first-order valence-corrected chi connectivity index (χ1v) is 12.6. The number of hydrogen-bond acceptors (Lipinski definition) is 5. The minimum Gasteiger partial charge on any atom is -0.350 e. The van der Waals surface area contributed by atoms with E-state index in [0.717, 1.165) is 17.3 Å². The van der Waals surface area contributed by atoms with Crippen LogP contribution in [0.15, 0.2) is 82.7 Å². The molecule has 1 N–H and O–H groups in total. The number of fused-ring (bicyclic) bond motifs is 1. The third-order valence-electron chi connectivity index (χ3n) is 5.57. The number of benzene rings is 3. The molecule has 1 amide bonds. The number of nitrogens with zero attached hydrogens (tertiary/aromatic N) is 2. The number of aryl methyl sites for hydroxylation is 1. The highest BCUT2D eigenvalue weighted by atomic mass is 32.2. The molecule has 1 aromatic heterocycles. The second kappa shape index (κ2) is 11.3. The lowest BCUT2D eigenvalue weighted by molar-refractivity contribution is 0.0942. The van der Waals surface area contributed by atoms with Crippen molar-refractivity contribution in [2.45, 2.75) is 38.0 Å². The van der Waals surface area contributed by atoms with Crippen molar-refractivity contribution >= 4 is 34.4 Å². The van der Waals surface area contributed by atoms with Crippen LogP contribution >= 0.6 is 11.8 Å². The predicted octanol–water partition coefficient (Wildman–Crippen LogP) is 4.89. The van der Waals surface area contributed by atoms with Gasteiger partial charge in [-0.05, 0) is 68.3 Å². The van der Waals surface area contributed by atoms with Crippen molar-refractivity contribution < 1.29 is 14.0 Å². The summed E-state index contributed by atoms with van der Waals surface area (Å²) in [6, 6.07) is 20.0. The molecule has 0 spiro atoms. The monoisotopic (exact) mass is 503 g/mol. The molecule has 0 saturated carbocycles. The van der Waals surface area contributed by atoms with Gasteiger partial charge in [0, 0.05) is 23.7 Å². The molecule has 0 atom stereocenters. The Hall–Kier alpha value is -3.78. The highest BCUT2D eigenvalue weighted by molar-refractivity contribution is 7.99. The standard InChI is InChI=1S/C28H26FN3O3S/c1-18(2)30-26(34)21-10-13-23-24(16-21)31-28(36-17-25(33)20-8-11-22(29)12-9-20)32(27(23)35)15-14-19-6-4-3-5-7-19/h3-13,16,18H,14-15,17H2,1-2H3,(H,30,34). The maximum absolute atomic E-state index is 13.5. The Labute approximate surface area is 212 Å². The van der Waals surface area contributed by atoms with Crippen LogP contribution in [0, 0.1) is 5.82 Å². The van der Waals surface area contributed by atoms with Crippen molar-refractivity contribution in [2.24, 2.45) is 0 Å². The van der Waals surface area contributed by atoms with E-state index >= 15 is 0 Å². The number of nitrogens with one attached hydrogen (secondary N) is 1. The topological polar surface area (TPSA) is 81.1 Å². The third kappa shape index (κ3) is 6.07. The zero-order chi connectivity index (χ0) is 25.7. The fourth-order valence-corrected chi connectivity index (χ4v) is 4.65. The average molecular weight is 504 g/mol. The van der Waals surface area contributed by atoms with Crippen LogP contribution in [0.4, 0.5) is 4.39 Å². The number of amides is 1. The Kier molecular flexibility index (Phi) is 7.95. The Balaban J connectivity index is 1.68. The molecule has 0 aliphatic rings. The van der Waals surface area contributed by atoms with E-state index in [2.05, 4.69) is 10.3 Å². The lowest BCUT2D eigenvalue weighted by Gasteiger charge is -2.14. The molecule has 0 fully saturated rings. The number of thioether (sulfide) groups is 1. The minimum absolute atomic E-state index is 0.0302. The van der Waals surface area contributed by atoms with Crippen LogP contribution in [0.1, 0.15) is 40.1 Å². The molecule has 4 rings (SSSR count). The van der Waals surface area contributed by atoms with E-state index < -0.39 is 5.82 Å². The van der Waals surface area contributed by atoms with Crippen LogP contribution in [0.5, 0.6) is 0 Å². The van der Waals surface area contributed by atoms with Gasteiger partial charge < -0.3 is 5.32 Å². The van der Waals surface area contributed by atoms with Crippen molar-refractivity contribution in [3.63, 3.8) is 0 Å². The molecular weight excluding hydrogens is 477 g/mol. The second-order valence-corrected chi connectivity index (χ2v) is 9.61. The van der Waals surface area contributed by atoms with Gasteiger partial charge in [-0.3, -0.25) is 19.0 Å². The largest absolute Gasteiger partial charge is 0.350 e. The number of ketones is 1. The van der Waals surface area contributed by atoms with Gasteiger partial charge in [-0.2, -0.15) is 0 Å². The Morgan fingerprint density at radius 3 is 2.39 bits per heavy atom. The van der Waals surface area contributed by atoms with E-state index in [-0.39, 0.29) is 29.0 Å². The number of Topliss-reactive ketones (excluding diaryl/α,β-unsaturated/α-hetero) is 1. The number of hydrogen-bond donors (Lipinski definition) is 1. The van der Waals surface area contributed by atoms with E-state index in [4.69, 9.17) is 0 Å². The molecule has 0 radical (unpaired) electrons. The van der Waals surface area contributed by atoms with E-state index in [1.807, 2.05) is 44.2 Å². The molecule has 0 aliphatic heterocycles. The normalized spacial score (nSPS) is 11.1. The molecular formula is C28H26FN3O3S. The van der Waals surface area contributed by atoms with Crippen LogP contribution in [-0.4, -0.2) is 33.0 Å². The van der Waals surface area contributed by atoms with Gasteiger partial charge in [0.15, 0.2) is 10.9 Å². The maximum Gasteiger partial charge on any atom is 0.262 e. The molecule has 1 heterocycles. The van der Waals surface area contributed by atoms with Crippen molar-refractivity contribution in [2.75, 3.05) is 5.75 Å². The summed E-state index contributed by atoms with van der Waals surface area (Å²) in [4.78, 5) is 43.3. The Bertz CT molecular complexity index is 1450. The lowest BCUT2D eigenvalue weighted by Crippen LogP contribution is -2.30. The summed E-state index contributed by atoms with van der Waals surface area (Å²) in [6.45, 7) is 4.12. The first kappa shape index (κ1) is 25.3. The number of rotatable bonds is 9. The number of aromatic nitrogens is 2. The van der Waals surface area contributed by atoms with Crippen LogP contribution < -0.4 is 10.9 Å². The van der Waals surface area contributed by atoms with E-state index in [1.165, 1.54) is 24.3 Å². The van der Waals surface area contributed by atoms with E-state index in [1.54, 1.807) is 22.8 Å². The quantitative estimate of drug-likeness (QED) is 0.200. The van der Waals surface area contributed by atoms with Crippen molar-refractivity contribution in [1.82, 2.24) is 14.9 Å². The predicted molar refractivity (Wildman–Crippen MR) is 140 cm³/mol. The smallest absolute Gasteiger partial charge is 0.262 e. The van der Waals surface area contributed by atoms with Gasteiger partial charge in [0.25, 0.3) is 11.5 Å². The van der Waals surface area contributed by atoms with Gasteiger partial charge in [-0.15, -0.1) is 0 Å². The highest BCUT2D eigenvalue weighted by Gasteiger charge is 2.16. The van der Waals surface area contributed by atoms with Gasteiger partial charge in [0.1, 0.15) is 5.82 Å². The van der Waals surface area contributed by atoms with Crippen LogP contribution in [0.2, 0.25) is 0 Å². The van der Waals surface area contributed by atoms with Gasteiger partial charge >= 0.3 is 0 Å². The van der Waals surface area contributed by atoms with Crippen molar-refractivity contribution in [3.8, 4) is 0 Å². The zero-order valence-electron chi connectivity index (χ0n) is 20.0. The van der Waals surface area contributed by atoms with Crippen LogP contribution in [0.3, 0.4) is 0 Å². The van der Waals surface area contributed by atoms with Gasteiger partial charge in [0.2, 0.25) is 0 Å². The summed E-state index contributed by atoms with van der Waals surface area (Å²) in [7, 11) is 0. The SMILES string of the molecule is CC(C)NC(=O)c1ccc2c(=O)n(CCc3ccccc3)c(SCC(=O)c3ccc(F)cc3)nc2c1. The first-order chi connectivity index (χ1) is 17.3. The lowest BCUT2D eigenvalue weighted by atomic mass is 10.1. The molecule has 184 valence electrons. The number of carbonyl (C=O) groups excluding carboxylic acids is 2. The van der Waals surface area contributed by atoms with Crippen molar-refractivity contribution in [1.29, 1.82) is 0 Å². The maximum atomic E-state index is 13.5. The van der Waals surface area contributed by atoms with E-state index in [0.29, 0.717) is 40.2 Å². The zero-order valence-corrected chi connectivity index (χ0v) is 20.8. The summed E-state index contributed by atoms with van der Waals surface area (Å²) in [5, 5.41) is 3.63. The molecule has 0 aliphatic carbocycles. The summed E-state index contributed by atoms with van der Waals surface area (Å²) in [5.74, 6) is -0.832. The van der Waals surface area contributed by atoms with Gasteiger partial charge in [-0.1, -0.05) is 42.1 Å². The average Bonchev–Trinajstić information content (AvgIpc) is 2.87. The van der Waals surface area contributed by atoms with E-state index in [9.17, 15) is 18.8 Å². The Morgan fingerprint density at radius 2 is 1.69 bits per heavy atom. The summed E-state index contributed by atoms with van der Waals surface area (Å²) in [5.41, 5.74) is 2.02. The molecule has 36 heavy (non-hydrogen) atoms.